The third-order valence-electron chi connectivity index (χ3n) is 0. The summed E-state index contributed by atoms with van der Waals surface area (Å²) in [4.78, 5) is 0. The van der Waals surface area contributed by atoms with Gasteiger partial charge in [0, 0.05) is 34.1 Å². The molecule has 0 aromatic heterocycles. The monoisotopic (exact) mass is 215 g/mol. The molecule has 0 unspecified atom stereocenters. The second-order valence-electron chi connectivity index (χ2n) is 0. The van der Waals surface area contributed by atoms with E-state index in [-0.39, 0.29) is 103 Å². The fourth-order valence-electron chi connectivity index (χ4n) is 0. The van der Waals surface area contributed by atoms with Gasteiger partial charge in [0.05, 0.1) is 0 Å². The molecule has 0 amide bonds. The average Bonchev–Trinajstić information content (AvgIpc) is 0. The first-order chi connectivity index (χ1) is 0. The molecule has 0 aromatic carbocycles. The molecule has 1 radical (unpaired) electrons. The molecule has 0 heterocycles. The Balaban J connectivity index is 0. The van der Waals surface area contributed by atoms with Gasteiger partial charge in [-0.15, -0.1) is 0 Å². The molecule has 5 heavy (non-hydrogen) atoms. The van der Waals surface area contributed by atoms with E-state index < -0.39 is 0 Å². The second-order valence-corrected chi connectivity index (χ2v) is 0. The largest absolute Gasteiger partial charge is 2.00 e. The molecule has 0 bridgehead atoms. The maximum absolute atomic E-state index is 0. The van der Waals surface area contributed by atoms with Crippen molar-refractivity contribution >= 4 is 66.1 Å². The smallest absolute Gasteiger partial charge is 1.00 e. The molecule has 0 atom stereocenters. The Morgan fingerprint density at radius 1 is 1.20 bits per heavy atom. The topological polar surface area (TPSA) is 0 Å². The summed E-state index contributed by atoms with van der Waals surface area (Å²) < 4.78 is 0. The zero-order valence-electron chi connectivity index (χ0n) is 3.44. The van der Waals surface area contributed by atoms with Crippen molar-refractivity contribution in [3.8, 4) is 0 Å². The molecule has 33 valence electrons. The third kappa shape index (κ3) is 19.3. The molecule has 0 rings (SSSR count). The van der Waals surface area contributed by atoms with Gasteiger partial charge in [-0.2, -0.15) is 0 Å². The van der Waals surface area contributed by atoms with Crippen LogP contribution in [0.5, 0.6) is 0 Å². The first-order valence-electron chi connectivity index (χ1n) is 0. The third-order valence-corrected chi connectivity index (χ3v) is 0. The van der Waals surface area contributed by atoms with Gasteiger partial charge < -0.3 is 2.85 Å². The summed E-state index contributed by atoms with van der Waals surface area (Å²) >= 11 is 0. The van der Waals surface area contributed by atoms with Crippen LogP contribution in [-0.2, 0) is 34.1 Å². The van der Waals surface area contributed by atoms with Crippen LogP contribution in [-0.4, -0.2) is 66.1 Å². The van der Waals surface area contributed by atoms with Gasteiger partial charge in [0.1, 0.15) is 0 Å². The van der Waals surface area contributed by atoms with Gasteiger partial charge in [-0.3, -0.25) is 0 Å². The number of hydrogen-bond acceptors (Lipinski definition) is 0. The van der Waals surface area contributed by atoms with E-state index in [0.29, 0.717) is 0 Å². The first kappa shape index (κ1) is 43.0. The predicted molar refractivity (Wildman–Crippen MR) is 29.3 cm³/mol. The Hall–Kier alpha value is 3.05. The summed E-state index contributed by atoms with van der Waals surface area (Å²) in [6.45, 7) is 0. The van der Waals surface area contributed by atoms with Gasteiger partial charge in [0.25, 0.3) is 0 Å². The van der Waals surface area contributed by atoms with Crippen LogP contribution >= 0.6 is 0 Å². The van der Waals surface area contributed by atoms with Gasteiger partial charge in [-0.1, -0.05) is 0 Å². The standard InChI is InChI=1S/Al.Ca.Fe.Mn.H4Si.5H/h;;;;1H4;;;;;/q;+2;;;;;;;2*-1. The van der Waals surface area contributed by atoms with Crippen molar-refractivity contribution in [2.75, 3.05) is 0 Å². The first-order valence-corrected chi connectivity index (χ1v) is 0. The summed E-state index contributed by atoms with van der Waals surface area (Å²) in [6.07, 6.45) is 0. The molecule has 0 spiro atoms. The van der Waals surface area contributed by atoms with Crippen LogP contribution in [0.4, 0.5) is 0 Å². The average molecular weight is 215 g/mol. The van der Waals surface area contributed by atoms with Crippen molar-refractivity contribution in [3.05, 3.63) is 0 Å². The van der Waals surface area contributed by atoms with E-state index in [9.17, 15) is 0 Å². The molecule has 0 fully saturated rings. The molecular formula is H9AlCaFeMnSi. The predicted octanol–water partition coefficient (Wildman–Crippen LogP) is -2.80. The SMILES string of the molecule is [AlH3].[Ca+2].[Fe].[H-].[H-].[Mn].[SiH4]. The van der Waals surface area contributed by atoms with Crippen LogP contribution in [0.25, 0.3) is 0 Å². The Kier molecular flexibility index (Phi) is 239. The summed E-state index contributed by atoms with van der Waals surface area (Å²) in [5, 5.41) is 0. The fourth-order valence-corrected chi connectivity index (χ4v) is 0. The van der Waals surface area contributed by atoms with Crippen molar-refractivity contribution in [3.63, 3.8) is 0 Å². The molecule has 0 aliphatic carbocycles. The zero-order chi connectivity index (χ0) is 0. The zero-order valence-corrected chi connectivity index (χ0v) is 5.93. The van der Waals surface area contributed by atoms with Crippen LogP contribution in [0.2, 0.25) is 0 Å². The van der Waals surface area contributed by atoms with Gasteiger partial charge in [-0.05, 0) is 11.0 Å². The van der Waals surface area contributed by atoms with Gasteiger partial charge in [0.2, 0.25) is 0 Å². The van der Waals surface area contributed by atoms with E-state index in [4.69, 9.17) is 0 Å². The minimum atomic E-state index is 0. The summed E-state index contributed by atoms with van der Waals surface area (Å²) in [5.41, 5.74) is 0. The molecule has 0 saturated heterocycles. The van der Waals surface area contributed by atoms with Crippen molar-refractivity contribution in [2.24, 2.45) is 0 Å². The summed E-state index contributed by atoms with van der Waals surface area (Å²) in [5.74, 6) is 0. The van der Waals surface area contributed by atoms with E-state index in [2.05, 4.69) is 0 Å². The molecule has 5 heteroatoms. The molecule has 0 aliphatic heterocycles. The fraction of sp³-hybridized carbons (Fsp3) is 0. The van der Waals surface area contributed by atoms with Crippen molar-refractivity contribution in [1.82, 2.24) is 0 Å². The Morgan fingerprint density at radius 3 is 1.20 bits per heavy atom. The molecule has 0 aliphatic rings. The Bertz CT molecular complexity index is 17.7. The molecule has 0 aromatic rings. The number of hydrogen-bond donors (Lipinski definition) is 0. The van der Waals surface area contributed by atoms with Crippen molar-refractivity contribution < 1.29 is 37.0 Å². The van der Waals surface area contributed by atoms with Gasteiger partial charge in [0.15, 0.2) is 17.4 Å². The minimum Gasteiger partial charge on any atom is -1.00 e. The molecule has 0 saturated carbocycles. The van der Waals surface area contributed by atoms with Crippen LogP contribution in [0, 0.1) is 0 Å². The van der Waals surface area contributed by atoms with Crippen LogP contribution < -0.4 is 0 Å². The van der Waals surface area contributed by atoms with E-state index in [1.165, 1.54) is 0 Å². The molecule has 0 N–H and O–H groups in total. The Labute approximate surface area is 101 Å². The van der Waals surface area contributed by atoms with E-state index in [1.807, 2.05) is 0 Å². The van der Waals surface area contributed by atoms with Crippen LogP contribution in [0.3, 0.4) is 0 Å². The maximum Gasteiger partial charge on any atom is 2.00 e. The summed E-state index contributed by atoms with van der Waals surface area (Å²) in [6, 6.07) is 0. The number of rotatable bonds is 0. The second kappa shape index (κ2) is 27.7. The molecular weight excluding hydrogens is 206 g/mol. The van der Waals surface area contributed by atoms with E-state index in [1.54, 1.807) is 0 Å². The van der Waals surface area contributed by atoms with E-state index >= 15 is 0 Å². The summed E-state index contributed by atoms with van der Waals surface area (Å²) in [7, 11) is 0. The van der Waals surface area contributed by atoms with Crippen LogP contribution in [0.15, 0.2) is 0 Å². The van der Waals surface area contributed by atoms with Crippen molar-refractivity contribution in [1.29, 1.82) is 0 Å². The quantitative estimate of drug-likeness (QED) is 0.383. The Morgan fingerprint density at radius 2 is 1.20 bits per heavy atom. The van der Waals surface area contributed by atoms with Gasteiger partial charge >= 0.3 is 37.7 Å². The maximum atomic E-state index is 0. The van der Waals surface area contributed by atoms with Crippen molar-refractivity contribution in [2.45, 2.75) is 0 Å². The van der Waals surface area contributed by atoms with Crippen LogP contribution in [0.1, 0.15) is 2.85 Å². The molecule has 0 nitrogen and oxygen atoms in total. The normalized spacial score (nSPS) is 0. The minimum absolute atomic E-state index is 0. The van der Waals surface area contributed by atoms with E-state index in [0.717, 1.165) is 0 Å². The van der Waals surface area contributed by atoms with Gasteiger partial charge in [-0.25, -0.2) is 0 Å².